The van der Waals surface area contributed by atoms with Crippen molar-refractivity contribution in [2.75, 3.05) is 42.5 Å². The number of piperidine rings is 1. The second-order valence-corrected chi connectivity index (χ2v) is 8.21. The minimum atomic E-state index is 0.141. The molecule has 1 amide bonds. The zero-order valence-corrected chi connectivity index (χ0v) is 16.7. The van der Waals surface area contributed by atoms with E-state index in [1.54, 1.807) is 0 Å². The number of carbonyl (C=O) groups is 1. The summed E-state index contributed by atoms with van der Waals surface area (Å²) in [6.45, 7) is 6.38. The fourth-order valence-corrected chi connectivity index (χ4v) is 4.75. The molecule has 2 aliphatic heterocycles. The Balaban J connectivity index is 1.37. The molecule has 2 aromatic rings. The van der Waals surface area contributed by atoms with Crippen molar-refractivity contribution >= 4 is 28.9 Å². The van der Waals surface area contributed by atoms with Crippen LogP contribution in [0.25, 0.3) is 0 Å². The van der Waals surface area contributed by atoms with Crippen LogP contribution in [0.3, 0.4) is 0 Å². The van der Waals surface area contributed by atoms with Crippen LogP contribution in [0.4, 0.5) is 11.6 Å². The molecule has 7 heteroatoms. The second kappa shape index (κ2) is 8.25. The van der Waals surface area contributed by atoms with Gasteiger partial charge in [0.2, 0.25) is 0 Å². The Kier molecular flexibility index (Phi) is 5.57. The summed E-state index contributed by atoms with van der Waals surface area (Å²) in [7, 11) is 0. The molecule has 0 radical (unpaired) electrons. The quantitative estimate of drug-likeness (QED) is 0.808. The van der Waals surface area contributed by atoms with Gasteiger partial charge >= 0.3 is 0 Å². The Morgan fingerprint density at radius 3 is 2.52 bits per heavy atom. The van der Waals surface area contributed by atoms with Crippen molar-refractivity contribution in [2.45, 2.75) is 38.6 Å². The first kappa shape index (κ1) is 18.2. The zero-order valence-electron chi connectivity index (χ0n) is 15.9. The molecule has 6 nitrogen and oxygen atoms in total. The van der Waals surface area contributed by atoms with E-state index in [1.165, 1.54) is 30.6 Å². The highest BCUT2D eigenvalue weighted by Gasteiger charge is 2.25. The van der Waals surface area contributed by atoms with Gasteiger partial charge in [-0.15, -0.1) is 21.5 Å². The van der Waals surface area contributed by atoms with E-state index < -0.39 is 0 Å². The van der Waals surface area contributed by atoms with Gasteiger partial charge in [0.15, 0.2) is 11.6 Å². The van der Waals surface area contributed by atoms with Crippen LogP contribution >= 0.6 is 11.3 Å². The van der Waals surface area contributed by atoms with Gasteiger partial charge in [0.25, 0.3) is 5.91 Å². The van der Waals surface area contributed by atoms with Crippen molar-refractivity contribution in [2.24, 2.45) is 0 Å². The number of aromatic nitrogens is 2. The molecule has 0 aromatic carbocycles. The molecule has 144 valence electrons. The first-order chi connectivity index (χ1) is 13.3. The minimum Gasteiger partial charge on any atom is -0.352 e. The predicted molar refractivity (Wildman–Crippen MR) is 110 cm³/mol. The summed E-state index contributed by atoms with van der Waals surface area (Å²) in [4.78, 5) is 19.9. The number of piperazine rings is 1. The molecule has 4 heterocycles. The minimum absolute atomic E-state index is 0.141. The first-order valence-electron chi connectivity index (χ1n) is 9.94. The average molecular weight is 386 g/mol. The van der Waals surface area contributed by atoms with Crippen molar-refractivity contribution in [1.82, 2.24) is 15.1 Å². The lowest BCUT2D eigenvalue weighted by molar-refractivity contribution is 0.0751. The Hall–Kier alpha value is -2.15. The Bertz CT molecular complexity index is 740. The molecule has 2 aliphatic rings. The van der Waals surface area contributed by atoms with Crippen LogP contribution in [0.2, 0.25) is 0 Å². The highest BCUT2D eigenvalue weighted by molar-refractivity contribution is 7.12. The van der Waals surface area contributed by atoms with Gasteiger partial charge in [-0.05, 0) is 49.3 Å². The van der Waals surface area contributed by atoms with Gasteiger partial charge in [0.05, 0.1) is 4.88 Å². The lowest BCUT2D eigenvalue weighted by Crippen LogP contribution is -2.49. The predicted octanol–water partition coefficient (Wildman–Crippen LogP) is 3.27. The third kappa shape index (κ3) is 3.93. The molecule has 2 aromatic heterocycles. The normalized spacial score (nSPS) is 20.8. The zero-order chi connectivity index (χ0) is 18.6. The van der Waals surface area contributed by atoms with Crippen LogP contribution < -0.4 is 9.80 Å². The van der Waals surface area contributed by atoms with Crippen LogP contribution in [0.1, 0.15) is 42.3 Å². The standard InChI is InChI=1S/C20H27N5OS/c1-2-16-6-3-4-10-25(16)19-9-8-18(21-22-19)23-11-13-24(14-12-23)20(26)17-7-5-15-27-17/h5,7-9,15-16H,2-4,6,10-14H2,1H3. The highest BCUT2D eigenvalue weighted by atomic mass is 32.1. The van der Waals surface area contributed by atoms with Crippen LogP contribution in [0.5, 0.6) is 0 Å². The number of hydrogen-bond acceptors (Lipinski definition) is 6. The summed E-state index contributed by atoms with van der Waals surface area (Å²) in [5.74, 6) is 2.05. The fraction of sp³-hybridized carbons (Fsp3) is 0.550. The van der Waals surface area contributed by atoms with E-state index >= 15 is 0 Å². The van der Waals surface area contributed by atoms with E-state index in [9.17, 15) is 4.79 Å². The monoisotopic (exact) mass is 385 g/mol. The van der Waals surface area contributed by atoms with Crippen molar-refractivity contribution in [3.05, 3.63) is 34.5 Å². The summed E-state index contributed by atoms with van der Waals surface area (Å²) in [5.41, 5.74) is 0. The van der Waals surface area contributed by atoms with Crippen molar-refractivity contribution in [3.8, 4) is 0 Å². The molecule has 0 aliphatic carbocycles. The molecule has 4 rings (SSSR count). The number of rotatable bonds is 4. The van der Waals surface area contributed by atoms with Gasteiger partial charge in [0, 0.05) is 38.8 Å². The maximum Gasteiger partial charge on any atom is 0.264 e. The van der Waals surface area contributed by atoms with E-state index in [0.717, 1.165) is 55.7 Å². The summed E-state index contributed by atoms with van der Waals surface area (Å²) in [5, 5.41) is 11.0. The van der Waals surface area contributed by atoms with Crippen LogP contribution in [0.15, 0.2) is 29.6 Å². The van der Waals surface area contributed by atoms with Gasteiger partial charge in [0.1, 0.15) is 0 Å². The largest absolute Gasteiger partial charge is 0.352 e. The van der Waals surface area contributed by atoms with E-state index in [0.29, 0.717) is 6.04 Å². The molecule has 0 spiro atoms. The molecular weight excluding hydrogens is 358 g/mol. The third-order valence-corrected chi connectivity index (χ3v) is 6.51. The topological polar surface area (TPSA) is 52.6 Å². The number of nitrogens with zero attached hydrogens (tertiary/aromatic N) is 5. The molecule has 1 atom stereocenters. The van der Waals surface area contributed by atoms with Gasteiger partial charge in [-0.2, -0.15) is 0 Å². The summed E-state index contributed by atoms with van der Waals surface area (Å²) in [6, 6.07) is 8.61. The van der Waals surface area contributed by atoms with E-state index in [4.69, 9.17) is 0 Å². The first-order valence-corrected chi connectivity index (χ1v) is 10.8. The van der Waals surface area contributed by atoms with Crippen LogP contribution in [-0.2, 0) is 0 Å². The Morgan fingerprint density at radius 2 is 1.85 bits per heavy atom. The number of hydrogen-bond donors (Lipinski definition) is 0. The van der Waals surface area contributed by atoms with Crippen LogP contribution in [0, 0.1) is 0 Å². The lowest BCUT2D eigenvalue weighted by Gasteiger charge is -2.37. The maximum absolute atomic E-state index is 12.5. The third-order valence-electron chi connectivity index (χ3n) is 5.65. The van der Waals surface area contributed by atoms with Crippen molar-refractivity contribution in [3.63, 3.8) is 0 Å². The second-order valence-electron chi connectivity index (χ2n) is 7.26. The number of amides is 1. The molecule has 2 fully saturated rings. The number of carbonyl (C=O) groups excluding carboxylic acids is 1. The van der Waals surface area contributed by atoms with Gasteiger partial charge in [-0.3, -0.25) is 4.79 Å². The highest BCUT2D eigenvalue weighted by Crippen LogP contribution is 2.25. The van der Waals surface area contributed by atoms with Gasteiger partial charge in [-0.1, -0.05) is 13.0 Å². The molecule has 2 saturated heterocycles. The van der Waals surface area contributed by atoms with Gasteiger partial charge in [-0.25, -0.2) is 0 Å². The molecule has 0 N–H and O–H groups in total. The summed E-state index contributed by atoms with van der Waals surface area (Å²) in [6.07, 6.45) is 4.96. The summed E-state index contributed by atoms with van der Waals surface area (Å²) < 4.78 is 0. The molecule has 27 heavy (non-hydrogen) atoms. The maximum atomic E-state index is 12.5. The Labute approximate surface area is 164 Å². The van der Waals surface area contributed by atoms with E-state index in [2.05, 4.69) is 39.1 Å². The molecule has 1 unspecified atom stereocenters. The number of anilines is 2. The SMILES string of the molecule is CCC1CCCCN1c1ccc(N2CCN(C(=O)c3cccs3)CC2)nn1. The smallest absolute Gasteiger partial charge is 0.264 e. The van der Waals surface area contributed by atoms with Crippen LogP contribution in [-0.4, -0.2) is 59.8 Å². The number of thiophene rings is 1. The van der Waals surface area contributed by atoms with Crippen molar-refractivity contribution in [1.29, 1.82) is 0 Å². The van der Waals surface area contributed by atoms with E-state index in [-0.39, 0.29) is 5.91 Å². The van der Waals surface area contributed by atoms with E-state index in [1.807, 2.05) is 22.4 Å². The summed E-state index contributed by atoms with van der Waals surface area (Å²) >= 11 is 1.51. The average Bonchev–Trinajstić information content (AvgIpc) is 3.28. The lowest BCUT2D eigenvalue weighted by atomic mass is 10.0. The molecule has 0 saturated carbocycles. The molecular formula is C20H27N5OS. The van der Waals surface area contributed by atoms with Crippen molar-refractivity contribution < 1.29 is 4.79 Å². The molecule has 0 bridgehead atoms. The fourth-order valence-electron chi connectivity index (χ4n) is 4.06. The Morgan fingerprint density at radius 1 is 1.07 bits per heavy atom. The van der Waals surface area contributed by atoms with Gasteiger partial charge < -0.3 is 14.7 Å².